The molecule has 162 valence electrons. The fourth-order valence-corrected chi connectivity index (χ4v) is 3.91. The van der Waals surface area contributed by atoms with E-state index in [9.17, 15) is 14.7 Å². The first-order valence-corrected chi connectivity index (χ1v) is 10.2. The van der Waals surface area contributed by atoms with Gasteiger partial charge < -0.3 is 14.6 Å². The van der Waals surface area contributed by atoms with Crippen LogP contribution in [0.1, 0.15) is 17.2 Å². The summed E-state index contributed by atoms with van der Waals surface area (Å²) in [5.74, 6) is -0.882. The molecule has 0 radical (unpaired) electrons. The Morgan fingerprint density at radius 2 is 1.56 bits per heavy atom. The van der Waals surface area contributed by atoms with Crippen LogP contribution in [-0.2, 0) is 9.59 Å². The fourth-order valence-electron chi connectivity index (χ4n) is 3.79. The van der Waals surface area contributed by atoms with Crippen molar-refractivity contribution in [1.29, 1.82) is 0 Å². The summed E-state index contributed by atoms with van der Waals surface area (Å²) in [6.07, 6.45) is 0. The van der Waals surface area contributed by atoms with Crippen molar-refractivity contribution in [2.45, 2.75) is 6.04 Å². The van der Waals surface area contributed by atoms with Gasteiger partial charge in [0.1, 0.15) is 5.76 Å². The number of ketones is 1. The van der Waals surface area contributed by atoms with E-state index < -0.39 is 17.7 Å². The number of hydrogen-bond acceptors (Lipinski definition) is 5. The van der Waals surface area contributed by atoms with Crippen LogP contribution in [0.2, 0.25) is 5.02 Å². The van der Waals surface area contributed by atoms with Crippen LogP contribution in [0.4, 0.5) is 5.69 Å². The van der Waals surface area contributed by atoms with Crippen molar-refractivity contribution in [3.05, 3.63) is 94.5 Å². The van der Waals surface area contributed by atoms with Gasteiger partial charge in [0.05, 0.1) is 25.8 Å². The van der Waals surface area contributed by atoms with Crippen molar-refractivity contribution in [2.75, 3.05) is 19.1 Å². The van der Waals surface area contributed by atoms with E-state index in [1.165, 1.54) is 19.1 Å². The molecule has 1 unspecified atom stereocenters. The average molecular weight is 450 g/mol. The highest BCUT2D eigenvalue weighted by Crippen LogP contribution is 2.44. The largest absolute Gasteiger partial charge is 0.507 e. The minimum Gasteiger partial charge on any atom is -0.507 e. The lowest BCUT2D eigenvalue weighted by Gasteiger charge is -2.26. The number of benzene rings is 3. The number of ether oxygens (including phenoxy) is 2. The maximum absolute atomic E-state index is 13.2. The van der Waals surface area contributed by atoms with Crippen LogP contribution in [0.3, 0.4) is 0 Å². The van der Waals surface area contributed by atoms with Crippen LogP contribution >= 0.6 is 11.6 Å². The molecule has 1 aliphatic rings. The zero-order valence-corrected chi connectivity index (χ0v) is 18.2. The van der Waals surface area contributed by atoms with Gasteiger partial charge in [-0.1, -0.05) is 54.1 Å². The molecule has 7 heteroatoms. The number of carbonyl (C=O) groups is 2. The van der Waals surface area contributed by atoms with Gasteiger partial charge in [-0.3, -0.25) is 14.5 Å². The second kappa shape index (κ2) is 8.77. The number of aliphatic hydroxyl groups is 1. The molecular formula is C25H20ClNO5. The molecule has 1 heterocycles. The van der Waals surface area contributed by atoms with Gasteiger partial charge in [-0.25, -0.2) is 0 Å². The molecule has 3 aromatic carbocycles. The number of Topliss-reactive ketones (excluding diaryl/α,β-unsaturated/α-hetero) is 1. The Morgan fingerprint density at radius 1 is 0.906 bits per heavy atom. The van der Waals surface area contributed by atoms with Crippen molar-refractivity contribution >= 4 is 34.7 Å². The number of rotatable bonds is 5. The molecule has 6 nitrogen and oxygen atoms in total. The predicted octanol–water partition coefficient (Wildman–Crippen LogP) is 4.98. The molecule has 1 fully saturated rings. The van der Waals surface area contributed by atoms with E-state index in [1.807, 2.05) is 0 Å². The lowest BCUT2D eigenvalue weighted by Crippen LogP contribution is -2.29. The SMILES string of the molecule is COc1ccc(N2C(=O)C(=O)C(=C(O)c3ccccc3)C2c2ccc(Cl)cc2)cc1OC. The molecule has 4 rings (SSSR count). The average Bonchev–Trinajstić information content (AvgIpc) is 3.09. The Bertz CT molecular complexity index is 1200. The quantitative estimate of drug-likeness (QED) is 0.337. The van der Waals surface area contributed by atoms with E-state index >= 15 is 0 Å². The van der Waals surface area contributed by atoms with Gasteiger partial charge in [0.15, 0.2) is 11.5 Å². The van der Waals surface area contributed by atoms with Crippen LogP contribution < -0.4 is 14.4 Å². The molecule has 0 spiro atoms. The zero-order valence-electron chi connectivity index (χ0n) is 17.4. The van der Waals surface area contributed by atoms with Crippen LogP contribution in [0.15, 0.2) is 78.4 Å². The number of anilines is 1. The van der Waals surface area contributed by atoms with E-state index in [4.69, 9.17) is 21.1 Å². The molecule has 0 aliphatic carbocycles. The Morgan fingerprint density at radius 3 is 2.19 bits per heavy atom. The summed E-state index contributed by atoms with van der Waals surface area (Å²) >= 11 is 6.06. The maximum Gasteiger partial charge on any atom is 0.300 e. The molecular weight excluding hydrogens is 430 g/mol. The summed E-state index contributed by atoms with van der Waals surface area (Å²) in [5, 5.41) is 11.6. The molecule has 0 saturated carbocycles. The Balaban J connectivity index is 1.94. The molecule has 0 bridgehead atoms. The minimum absolute atomic E-state index is 0.00157. The van der Waals surface area contributed by atoms with E-state index in [0.717, 1.165) is 0 Å². The number of hydrogen-bond donors (Lipinski definition) is 1. The molecule has 1 N–H and O–H groups in total. The van der Waals surface area contributed by atoms with Gasteiger partial charge in [-0.2, -0.15) is 0 Å². The molecule has 32 heavy (non-hydrogen) atoms. The highest BCUT2D eigenvalue weighted by Gasteiger charge is 2.47. The van der Waals surface area contributed by atoms with Crippen molar-refractivity contribution in [2.24, 2.45) is 0 Å². The Labute approximate surface area is 190 Å². The van der Waals surface area contributed by atoms with Gasteiger partial charge in [-0.15, -0.1) is 0 Å². The third kappa shape index (κ3) is 3.69. The van der Waals surface area contributed by atoms with Crippen LogP contribution in [-0.4, -0.2) is 31.0 Å². The summed E-state index contributed by atoms with van der Waals surface area (Å²) in [7, 11) is 3.00. The lowest BCUT2D eigenvalue weighted by atomic mass is 9.95. The topological polar surface area (TPSA) is 76.1 Å². The highest BCUT2D eigenvalue weighted by molar-refractivity contribution is 6.51. The second-order valence-electron chi connectivity index (χ2n) is 7.13. The van der Waals surface area contributed by atoms with E-state index in [1.54, 1.807) is 72.8 Å². The number of nitrogens with zero attached hydrogens (tertiary/aromatic N) is 1. The van der Waals surface area contributed by atoms with Crippen LogP contribution in [0.5, 0.6) is 11.5 Å². The number of methoxy groups -OCH3 is 2. The van der Waals surface area contributed by atoms with Crippen LogP contribution in [0, 0.1) is 0 Å². The molecule has 0 aromatic heterocycles. The Kier molecular flexibility index (Phi) is 5.88. The predicted molar refractivity (Wildman–Crippen MR) is 122 cm³/mol. The summed E-state index contributed by atoms with van der Waals surface area (Å²) in [6, 6.07) is 19.5. The first kappa shape index (κ1) is 21.5. The first-order valence-electron chi connectivity index (χ1n) is 9.80. The maximum atomic E-state index is 13.2. The monoisotopic (exact) mass is 449 g/mol. The lowest BCUT2D eigenvalue weighted by molar-refractivity contribution is -0.132. The van der Waals surface area contributed by atoms with Crippen molar-refractivity contribution < 1.29 is 24.2 Å². The van der Waals surface area contributed by atoms with E-state index in [0.29, 0.717) is 33.3 Å². The van der Waals surface area contributed by atoms with E-state index in [2.05, 4.69) is 0 Å². The zero-order chi connectivity index (χ0) is 22.8. The highest BCUT2D eigenvalue weighted by atomic mass is 35.5. The summed E-state index contributed by atoms with van der Waals surface area (Å²) < 4.78 is 10.7. The second-order valence-corrected chi connectivity index (χ2v) is 7.56. The van der Waals surface area contributed by atoms with Crippen LogP contribution in [0.25, 0.3) is 5.76 Å². The molecule has 1 aliphatic heterocycles. The standard InChI is InChI=1S/C25H20ClNO5/c1-31-19-13-12-18(14-20(19)32-2)27-22(15-8-10-17(26)11-9-15)21(24(29)25(27)30)23(28)16-6-4-3-5-7-16/h3-14,22,28H,1-2H3. The number of halogens is 1. The summed E-state index contributed by atoms with van der Waals surface area (Å²) in [5.41, 5.74) is 1.49. The Hall–Kier alpha value is -3.77. The van der Waals surface area contributed by atoms with Gasteiger partial charge in [0.25, 0.3) is 11.7 Å². The number of carbonyl (C=O) groups excluding carboxylic acids is 2. The molecule has 1 saturated heterocycles. The third-order valence-corrected chi connectivity index (χ3v) is 5.57. The third-order valence-electron chi connectivity index (χ3n) is 5.32. The van der Waals surface area contributed by atoms with Gasteiger partial charge in [-0.05, 0) is 29.8 Å². The van der Waals surface area contributed by atoms with Crippen molar-refractivity contribution in [3.8, 4) is 11.5 Å². The number of aliphatic hydroxyl groups excluding tert-OH is 1. The van der Waals surface area contributed by atoms with Crippen molar-refractivity contribution in [1.82, 2.24) is 0 Å². The number of amides is 1. The fraction of sp³-hybridized carbons (Fsp3) is 0.120. The molecule has 1 atom stereocenters. The summed E-state index contributed by atoms with van der Waals surface area (Å²) in [4.78, 5) is 27.7. The van der Waals surface area contributed by atoms with Gasteiger partial charge in [0.2, 0.25) is 0 Å². The normalized spacial score (nSPS) is 17.5. The molecule has 1 amide bonds. The van der Waals surface area contributed by atoms with E-state index in [-0.39, 0.29) is 11.3 Å². The van der Waals surface area contributed by atoms with Crippen molar-refractivity contribution in [3.63, 3.8) is 0 Å². The van der Waals surface area contributed by atoms with Gasteiger partial charge >= 0.3 is 0 Å². The molecule has 3 aromatic rings. The summed E-state index contributed by atoms with van der Waals surface area (Å²) in [6.45, 7) is 0. The van der Waals surface area contributed by atoms with Gasteiger partial charge in [0, 0.05) is 22.3 Å². The first-order chi connectivity index (χ1) is 15.5. The minimum atomic E-state index is -0.856. The smallest absolute Gasteiger partial charge is 0.300 e.